The van der Waals surface area contributed by atoms with Crippen LogP contribution in [0.15, 0.2) is 85.2 Å². The van der Waals surface area contributed by atoms with Crippen LogP contribution in [0.5, 0.6) is 5.75 Å². The van der Waals surface area contributed by atoms with Gasteiger partial charge < -0.3 is 131 Å². The predicted molar refractivity (Wildman–Crippen MR) is 491 cm³/mol. The number of H-pyrrole nitrogens is 2. The second kappa shape index (κ2) is 50.0. The lowest BCUT2D eigenvalue weighted by atomic mass is 9.99. The van der Waals surface area contributed by atoms with Gasteiger partial charge in [0.05, 0.1) is 30.9 Å². The van der Waals surface area contributed by atoms with Crippen LogP contribution in [0.3, 0.4) is 0 Å². The van der Waals surface area contributed by atoms with Gasteiger partial charge in [-0.1, -0.05) is 102 Å². The molecule has 0 aliphatic carbocycles. The Bertz CT molecular complexity index is 4990. The highest BCUT2D eigenvalue weighted by Gasteiger charge is 2.47. The second-order valence-electron chi connectivity index (χ2n) is 34.4. The zero-order valence-corrected chi connectivity index (χ0v) is 77.2. The van der Waals surface area contributed by atoms with Gasteiger partial charge in [-0.3, -0.25) is 86.9 Å². The number of unbranched alkanes of at least 4 members (excludes halogenated alkanes) is 2. The molecule has 2 aromatic heterocycles. The normalized spacial score (nSPS) is 25.2. The van der Waals surface area contributed by atoms with E-state index >= 15 is 33.6 Å². The molecule has 3 aliphatic heterocycles. The molecule has 16 atom stereocenters. The van der Waals surface area contributed by atoms with Gasteiger partial charge in [0, 0.05) is 113 Å². The van der Waals surface area contributed by atoms with Crippen molar-refractivity contribution in [1.29, 1.82) is 5.41 Å². The maximum atomic E-state index is 15.8. The molecule has 25 N–H and O–H groups in total. The first-order valence-corrected chi connectivity index (χ1v) is 45.9. The minimum absolute atomic E-state index is 0.0146. The summed E-state index contributed by atoms with van der Waals surface area (Å²) in [6.07, 6.45) is -0.522. The molecule has 3 saturated heterocycles. The average molecular weight is 1870 g/mol. The minimum Gasteiger partial charge on any atom is -0.508 e. The summed E-state index contributed by atoms with van der Waals surface area (Å²) in [6.45, 7) is 7.68. The molecule has 5 aromatic rings. The van der Waals surface area contributed by atoms with Crippen LogP contribution >= 0.6 is 11.8 Å². The molecule has 133 heavy (non-hydrogen) atoms. The third kappa shape index (κ3) is 29.5. The van der Waals surface area contributed by atoms with Crippen LogP contribution in [0.4, 0.5) is 0 Å². The van der Waals surface area contributed by atoms with Gasteiger partial charge in [-0.05, 0) is 106 Å². The number of aliphatic hydroxyl groups excluding tert-OH is 2. The lowest BCUT2D eigenvalue weighted by Crippen LogP contribution is -2.62. The number of guanidine groups is 1. The van der Waals surface area contributed by atoms with Crippen LogP contribution in [0, 0.1) is 11.3 Å². The Labute approximate surface area is 774 Å². The highest BCUT2D eigenvalue weighted by Crippen LogP contribution is 2.28. The van der Waals surface area contributed by atoms with Gasteiger partial charge in [-0.25, -0.2) is 0 Å². The molecular formula is C89H129N23O20S. The van der Waals surface area contributed by atoms with Crippen molar-refractivity contribution in [2.24, 2.45) is 28.9 Å². The molecule has 3 fully saturated rings. The molecule has 0 unspecified atom stereocenters. The van der Waals surface area contributed by atoms with Crippen molar-refractivity contribution in [2.45, 2.75) is 241 Å². The van der Waals surface area contributed by atoms with Crippen molar-refractivity contribution in [2.75, 3.05) is 65.4 Å². The van der Waals surface area contributed by atoms with Gasteiger partial charge in [0.15, 0.2) is 5.96 Å². The smallest absolute Gasteiger partial charge is 0.246 e. The molecule has 43 nitrogen and oxygen atoms in total. The van der Waals surface area contributed by atoms with Crippen LogP contribution in [0.1, 0.15) is 142 Å². The summed E-state index contributed by atoms with van der Waals surface area (Å²) in [5, 5.41) is 71.2. The first-order chi connectivity index (χ1) is 63.1. The molecule has 17 amide bonds. The molecule has 0 spiro atoms. The van der Waals surface area contributed by atoms with Crippen LogP contribution in [-0.4, -0.2) is 318 Å². The lowest BCUT2D eigenvalue weighted by Gasteiger charge is -2.36. The molecule has 0 bridgehead atoms. The number of fused-ring (bicyclic) bond motifs is 4. The van der Waals surface area contributed by atoms with Gasteiger partial charge in [0.25, 0.3) is 0 Å². The Morgan fingerprint density at radius 3 is 1.68 bits per heavy atom. The Morgan fingerprint density at radius 1 is 0.549 bits per heavy atom. The third-order valence-electron chi connectivity index (χ3n) is 23.8. The van der Waals surface area contributed by atoms with Crippen molar-refractivity contribution in [3.8, 4) is 5.75 Å². The fourth-order valence-electron chi connectivity index (χ4n) is 16.4. The number of para-hydroxylation sites is 2. The first kappa shape index (κ1) is 105. The van der Waals surface area contributed by atoms with Crippen LogP contribution in [0.25, 0.3) is 21.8 Å². The largest absolute Gasteiger partial charge is 0.508 e. The summed E-state index contributed by atoms with van der Waals surface area (Å²) < 4.78 is 0. The van der Waals surface area contributed by atoms with Gasteiger partial charge in [0.1, 0.15) is 90.3 Å². The zero-order chi connectivity index (χ0) is 97.8. The van der Waals surface area contributed by atoms with E-state index in [0.717, 1.165) is 36.3 Å². The number of aromatic hydroxyl groups is 1. The van der Waals surface area contributed by atoms with E-state index in [2.05, 4.69) is 68.5 Å². The predicted octanol–water partition coefficient (Wildman–Crippen LogP) is -3.55. The zero-order valence-electron chi connectivity index (χ0n) is 76.4. The van der Waals surface area contributed by atoms with Gasteiger partial charge in [0.2, 0.25) is 100 Å². The number of nitrogens with one attached hydrogen (secondary N) is 14. The summed E-state index contributed by atoms with van der Waals surface area (Å²) in [5.74, 6) is -18.2. The molecular weight excluding hydrogens is 1740 g/mol. The molecule has 5 heterocycles. The maximum Gasteiger partial charge on any atom is 0.246 e. The van der Waals surface area contributed by atoms with E-state index in [9.17, 15) is 63.3 Å². The van der Waals surface area contributed by atoms with Crippen LogP contribution in [0.2, 0.25) is 0 Å². The van der Waals surface area contributed by atoms with E-state index in [1.54, 1.807) is 74.8 Å². The fourth-order valence-corrected chi connectivity index (χ4v) is 17.2. The van der Waals surface area contributed by atoms with Crippen LogP contribution < -0.4 is 81.4 Å². The Kier molecular flexibility index (Phi) is 39.7. The van der Waals surface area contributed by atoms with Crippen molar-refractivity contribution < 1.29 is 96.8 Å². The number of carbonyl (C=O) groups excluding carboxylic acids is 17. The molecule has 726 valence electrons. The number of nitrogens with zero attached hydrogens (tertiary/aromatic N) is 5. The molecule has 0 radical (unpaired) electrons. The maximum absolute atomic E-state index is 15.8. The monoisotopic (exact) mass is 1870 g/mol. The summed E-state index contributed by atoms with van der Waals surface area (Å²) in [5.41, 5.74) is 25.6. The number of phenols is 1. The SMILES string of the molecule is CCCC[C@H]1C(=O)N(C)[C@@H](CCCC)C(=O)N[C@@H](CCCNC(=N)N)C(=O)N[C@H](C(=O)NCC(N)=O)CSCC(=O)N[C@@H](Cc2ccc(O)cc2)C(=O)N(C)[C@@H](C)C(=O)N[C@@H](CC(N)=O)C(=O)N2CCC[C@H]2C(=O)N[C@@H](CN)C(=O)N[C@@H](CC(C)C)C(=O)N2C[C@H](O)C[C@H]2C(=O)N[C@@H](Cc2c[nH]c3ccccc23)C(=O)N[C@@H]([C@@H](C)O)C(=O)N[C@@H](Cc2c[nH]c3ccccc23)C(=O)N1C. The molecule has 3 aliphatic rings. The number of aliphatic hydroxyl groups is 2. The first-order valence-electron chi connectivity index (χ1n) is 44.7. The fraction of sp³-hybridized carbons (Fsp3) is 0.551. The number of rotatable bonds is 25. The number of aromatic amines is 2. The minimum atomic E-state index is -1.92. The van der Waals surface area contributed by atoms with E-state index in [0.29, 0.717) is 64.2 Å². The Morgan fingerprint density at radius 2 is 1.08 bits per heavy atom. The van der Waals surface area contributed by atoms with Crippen molar-refractivity contribution in [3.05, 3.63) is 102 Å². The molecule has 0 saturated carbocycles. The lowest BCUT2D eigenvalue weighted by molar-refractivity contribution is -0.149. The van der Waals surface area contributed by atoms with Crippen molar-refractivity contribution in [1.82, 2.24) is 93.0 Å². The molecule has 8 rings (SSSR count). The summed E-state index contributed by atoms with van der Waals surface area (Å²) in [7, 11) is 3.89. The Hall–Kier alpha value is -13.0. The summed E-state index contributed by atoms with van der Waals surface area (Å²) in [4.78, 5) is 261. The number of nitrogens with two attached hydrogens (primary N) is 4. The van der Waals surface area contributed by atoms with E-state index in [1.165, 1.54) is 59.3 Å². The number of aromatic nitrogens is 2. The number of thioether (sulfide) groups is 1. The van der Waals surface area contributed by atoms with E-state index in [4.69, 9.17) is 28.3 Å². The van der Waals surface area contributed by atoms with Crippen molar-refractivity contribution in [3.63, 3.8) is 0 Å². The number of benzene rings is 3. The number of likely N-dealkylation sites (N-methyl/N-ethyl adjacent to an activating group) is 3. The Balaban J connectivity index is 1.20. The van der Waals surface area contributed by atoms with Crippen molar-refractivity contribution >= 4 is 140 Å². The highest BCUT2D eigenvalue weighted by atomic mass is 32.2. The second-order valence-corrected chi connectivity index (χ2v) is 35.4. The number of phenolic OH excluding ortho intramolecular Hbond substituents is 1. The van der Waals surface area contributed by atoms with Gasteiger partial charge >= 0.3 is 0 Å². The van der Waals surface area contributed by atoms with Gasteiger partial charge in [-0.15, -0.1) is 11.8 Å². The number of hydrogen-bond donors (Lipinski definition) is 21. The summed E-state index contributed by atoms with van der Waals surface area (Å²) in [6, 6.07) is -2.37. The number of primary amides is 2. The number of carbonyl (C=O) groups is 17. The molecule has 44 heteroatoms. The number of hydrogen-bond acceptors (Lipinski definition) is 23. The van der Waals surface area contributed by atoms with E-state index in [-0.39, 0.29) is 89.0 Å². The van der Waals surface area contributed by atoms with Gasteiger partial charge in [-0.2, -0.15) is 0 Å². The highest BCUT2D eigenvalue weighted by molar-refractivity contribution is 8.00. The average Bonchev–Trinajstić information content (AvgIpc) is 1.76. The number of amides is 17. The summed E-state index contributed by atoms with van der Waals surface area (Å²) >= 11 is 0.759. The van der Waals surface area contributed by atoms with E-state index < -0.39 is 247 Å². The quantitative estimate of drug-likeness (QED) is 0.0153. The topological polar surface area (TPSA) is 659 Å². The third-order valence-corrected chi connectivity index (χ3v) is 24.9. The van der Waals surface area contributed by atoms with Crippen LogP contribution in [-0.2, 0) is 101 Å². The van der Waals surface area contributed by atoms with E-state index in [1.807, 2.05) is 13.8 Å². The standard InChI is InChI=1S/C89H129N23O20S/c1-10-12-25-67-80(124)100-59(24-18-32-95-89(93)94)77(121)106-66(76(120)98-43-72(92)117)45-133-46-73(118)99-62(35-50-28-30-53(114)31-29-50)84(128)108(7)48(5)75(119)102-64(39-71(91)116)86(130)111-33-19-27-68(111)81(125)105-65(40-90)79(123)103-61(34-47(3)4)87(131)112-44-54(115)38-70(112)82(126)101-60(36-51-41-96-57-22-16-14-20-55(51)57)78(122)107-74(49(6)113)83(127)104-63(37-52-42-97-58-23-17-15-21-56(52)58)85(129)110(9)69(26-13-11-2)88(132)109(67)8/h14-17,20-23,28-31,41-42,47-49,54,59-70,74,96-97,113-115H,10-13,18-19,24-27,32-40,43-46,90H2,1-9H3,(H2,91,116)(H2,92,117)(H,98,120)(H,99,118)(H,100,124)(H,101,126)(H,102,119)(H,103,123)(H,104,127)(H,105,125)(H,106,121)(H,107,122)(H4,93,94,95)/t48-,49+,54+,59-,60-,61-,62-,63-,64-,65-,66-,67-,68-,69-,70-,74-/m0/s1. The molecule has 3 aromatic carbocycles.